The van der Waals surface area contributed by atoms with E-state index in [2.05, 4.69) is 17.1 Å². The molecule has 1 aliphatic heterocycles. The van der Waals surface area contributed by atoms with E-state index in [-0.39, 0.29) is 5.82 Å². The van der Waals surface area contributed by atoms with E-state index in [1.165, 1.54) is 12.8 Å². The summed E-state index contributed by atoms with van der Waals surface area (Å²) in [7, 11) is 0. The summed E-state index contributed by atoms with van der Waals surface area (Å²) in [5, 5.41) is 3.44. The summed E-state index contributed by atoms with van der Waals surface area (Å²) in [6.45, 7) is 6.17. The van der Waals surface area contributed by atoms with Crippen LogP contribution in [0.1, 0.15) is 26.2 Å². The Labute approximate surface area is 109 Å². The number of halogens is 1. The van der Waals surface area contributed by atoms with Crippen molar-refractivity contribution in [3.63, 3.8) is 0 Å². The van der Waals surface area contributed by atoms with E-state index in [9.17, 15) is 4.39 Å². The van der Waals surface area contributed by atoms with Gasteiger partial charge < -0.3 is 10.2 Å². The Morgan fingerprint density at radius 3 is 2.89 bits per heavy atom. The quantitative estimate of drug-likeness (QED) is 0.864. The van der Waals surface area contributed by atoms with Crippen LogP contribution >= 0.6 is 0 Å². The van der Waals surface area contributed by atoms with E-state index in [1.54, 1.807) is 12.1 Å². The fourth-order valence-corrected chi connectivity index (χ4v) is 2.67. The molecule has 1 heterocycles. The molecule has 0 bridgehead atoms. The Morgan fingerprint density at radius 2 is 2.22 bits per heavy atom. The molecule has 1 N–H and O–H groups in total. The summed E-state index contributed by atoms with van der Waals surface area (Å²) in [5.41, 5.74) is 0.740. The Hall–Kier alpha value is -1.09. The number of rotatable bonds is 5. The van der Waals surface area contributed by atoms with Gasteiger partial charge in [-0.2, -0.15) is 0 Å². The highest BCUT2D eigenvalue weighted by Gasteiger charge is 2.15. The minimum atomic E-state index is -0.110. The molecule has 18 heavy (non-hydrogen) atoms. The summed E-state index contributed by atoms with van der Waals surface area (Å²) in [4.78, 5) is 2.14. The summed E-state index contributed by atoms with van der Waals surface area (Å²) in [6.07, 6.45) is 3.73. The Balaban J connectivity index is 1.91. The van der Waals surface area contributed by atoms with Gasteiger partial charge in [0.05, 0.1) is 5.69 Å². The zero-order valence-corrected chi connectivity index (χ0v) is 11.2. The standard InChI is InChI=1S/C15H23FN2/c1-2-18(15-8-4-3-7-14(15)16)11-9-13-6-5-10-17-12-13/h3-4,7-8,13,17H,2,5-6,9-12H2,1H3. The van der Waals surface area contributed by atoms with Crippen LogP contribution in [0, 0.1) is 11.7 Å². The molecule has 0 radical (unpaired) electrons. The molecule has 2 nitrogen and oxygen atoms in total. The molecule has 0 amide bonds. The van der Waals surface area contributed by atoms with E-state index >= 15 is 0 Å². The fourth-order valence-electron chi connectivity index (χ4n) is 2.67. The zero-order valence-electron chi connectivity index (χ0n) is 11.2. The molecule has 1 aliphatic rings. The highest BCUT2D eigenvalue weighted by atomic mass is 19.1. The molecule has 1 atom stereocenters. The first kappa shape index (κ1) is 13.3. The maximum atomic E-state index is 13.7. The minimum Gasteiger partial charge on any atom is -0.369 e. The van der Waals surface area contributed by atoms with Crippen molar-refractivity contribution in [2.75, 3.05) is 31.1 Å². The van der Waals surface area contributed by atoms with Crippen LogP contribution in [0.5, 0.6) is 0 Å². The highest BCUT2D eigenvalue weighted by Crippen LogP contribution is 2.21. The van der Waals surface area contributed by atoms with Gasteiger partial charge in [0.15, 0.2) is 0 Å². The SMILES string of the molecule is CCN(CCC1CCCNC1)c1ccccc1F. The molecule has 1 unspecified atom stereocenters. The third kappa shape index (κ3) is 3.45. The lowest BCUT2D eigenvalue weighted by molar-refractivity contribution is 0.359. The molecule has 0 saturated carbocycles. The minimum absolute atomic E-state index is 0.110. The first-order chi connectivity index (χ1) is 8.81. The van der Waals surface area contributed by atoms with Crippen molar-refractivity contribution in [2.45, 2.75) is 26.2 Å². The average molecular weight is 250 g/mol. The smallest absolute Gasteiger partial charge is 0.146 e. The molecular formula is C15H23FN2. The third-order valence-electron chi connectivity index (χ3n) is 3.78. The van der Waals surface area contributed by atoms with Gasteiger partial charge >= 0.3 is 0 Å². The van der Waals surface area contributed by atoms with Gasteiger partial charge in [0.1, 0.15) is 5.82 Å². The van der Waals surface area contributed by atoms with Crippen molar-refractivity contribution in [1.82, 2.24) is 5.32 Å². The molecule has 0 aliphatic carbocycles. The first-order valence-electron chi connectivity index (χ1n) is 7.01. The molecule has 1 aromatic carbocycles. The van der Waals surface area contributed by atoms with Gasteiger partial charge in [-0.25, -0.2) is 4.39 Å². The summed E-state index contributed by atoms with van der Waals surface area (Å²) >= 11 is 0. The molecule has 1 saturated heterocycles. The van der Waals surface area contributed by atoms with Gasteiger partial charge in [0.25, 0.3) is 0 Å². The van der Waals surface area contributed by atoms with Gasteiger partial charge in [0, 0.05) is 13.1 Å². The number of nitrogens with zero attached hydrogens (tertiary/aromatic N) is 1. The van der Waals surface area contributed by atoms with Crippen molar-refractivity contribution in [3.05, 3.63) is 30.1 Å². The average Bonchev–Trinajstić information content (AvgIpc) is 2.42. The topological polar surface area (TPSA) is 15.3 Å². The van der Waals surface area contributed by atoms with Crippen LogP contribution in [0.25, 0.3) is 0 Å². The van der Waals surface area contributed by atoms with Crippen LogP contribution in [0.15, 0.2) is 24.3 Å². The van der Waals surface area contributed by atoms with Crippen molar-refractivity contribution >= 4 is 5.69 Å². The van der Waals surface area contributed by atoms with E-state index in [4.69, 9.17) is 0 Å². The third-order valence-corrected chi connectivity index (χ3v) is 3.78. The Kier molecular flexibility index (Phi) is 5.00. The van der Waals surface area contributed by atoms with E-state index in [0.717, 1.165) is 44.2 Å². The van der Waals surface area contributed by atoms with Crippen molar-refractivity contribution in [2.24, 2.45) is 5.92 Å². The maximum absolute atomic E-state index is 13.7. The Bertz CT molecular complexity index is 361. The lowest BCUT2D eigenvalue weighted by Gasteiger charge is -2.28. The van der Waals surface area contributed by atoms with Crippen LogP contribution in [-0.4, -0.2) is 26.2 Å². The lowest BCUT2D eigenvalue weighted by Crippen LogP contribution is -2.33. The number of para-hydroxylation sites is 1. The van der Waals surface area contributed by atoms with Crippen LogP contribution < -0.4 is 10.2 Å². The van der Waals surface area contributed by atoms with Gasteiger partial charge in [0.2, 0.25) is 0 Å². The molecule has 0 spiro atoms. The van der Waals surface area contributed by atoms with Crippen LogP contribution in [0.2, 0.25) is 0 Å². The van der Waals surface area contributed by atoms with E-state index in [0.29, 0.717) is 0 Å². The van der Waals surface area contributed by atoms with E-state index in [1.807, 2.05) is 12.1 Å². The predicted molar refractivity (Wildman–Crippen MR) is 74.5 cm³/mol. The molecule has 100 valence electrons. The molecule has 3 heteroatoms. The van der Waals surface area contributed by atoms with Crippen LogP contribution in [0.4, 0.5) is 10.1 Å². The number of benzene rings is 1. The molecule has 1 aromatic rings. The number of anilines is 1. The predicted octanol–water partition coefficient (Wildman–Crippen LogP) is 3.04. The summed E-state index contributed by atoms with van der Waals surface area (Å²) in [6, 6.07) is 7.07. The van der Waals surface area contributed by atoms with Gasteiger partial charge in [-0.05, 0) is 57.3 Å². The van der Waals surface area contributed by atoms with Crippen molar-refractivity contribution < 1.29 is 4.39 Å². The summed E-state index contributed by atoms with van der Waals surface area (Å²) < 4.78 is 13.7. The normalized spacial score (nSPS) is 19.8. The van der Waals surface area contributed by atoms with Crippen molar-refractivity contribution in [1.29, 1.82) is 0 Å². The molecular weight excluding hydrogens is 227 g/mol. The fraction of sp³-hybridized carbons (Fsp3) is 0.600. The van der Waals surface area contributed by atoms with Gasteiger partial charge in [-0.1, -0.05) is 12.1 Å². The molecule has 2 rings (SSSR count). The summed E-state index contributed by atoms with van der Waals surface area (Å²) in [5.74, 6) is 0.640. The maximum Gasteiger partial charge on any atom is 0.146 e. The molecule has 1 fully saturated rings. The second-order valence-corrected chi connectivity index (χ2v) is 5.03. The van der Waals surface area contributed by atoms with Gasteiger partial charge in [-0.15, -0.1) is 0 Å². The number of hydrogen-bond acceptors (Lipinski definition) is 2. The number of nitrogens with one attached hydrogen (secondary N) is 1. The highest BCUT2D eigenvalue weighted by molar-refractivity contribution is 5.47. The largest absolute Gasteiger partial charge is 0.369 e. The van der Waals surface area contributed by atoms with E-state index < -0.39 is 0 Å². The van der Waals surface area contributed by atoms with Crippen molar-refractivity contribution in [3.8, 4) is 0 Å². The zero-order chi connectivity index (χ0) is 12.8. The first-order valence-corrected chi connectivity index (χ1v) is 7.01. The second-order valence-electron chi connectivity index (χ2n) is 5.03. The monoisotopic (exact) mass is 250 g/mol. The Morgan fingerprint density at radius 1 is 1.39 bits per heavy atom. The molecule has 0 aromatic heterocycles. The van der Waals surface area contributed by atoms with Gasteiger partial charge in [-0.3, -0.25) is 0 Å². The van der Waals surface area contributed by atoms with Crippen LogP contribution in [-0.2, 0) is 0 Å². The second kappa shape index (κ2) is 6.74. The number of piperidine rings is 1. The van der Waals surface area contributed by atoms with Crippen LogP contribution in [0.3, 0.4) is 0 Å². The lowest BCUT2D eigenvalue weighted by atomic mass is 9.96. The number of hydrogen-bond donors (Lipinski definition) is 1.